The highest BCUT2D eigenvalue weighted by atomic mass is 16.2. The van der Waals surface area contributed by atoms with E-state index in [9.17, 15) is 19.2 Å². The second-order valence-corrected chi connectivity index (χ2v) is 16.6. The molecule has 0 spiro atoms. The standard InChI is InChI=1S/C45H56O4.CH4/c1-6-8-15-32(43(48)39(46)20-9-7-2)26-40(47)41-37(27-38-42(41)45(38,4)5)44(49)36(34-23-30-18-13-14-19-31(30)24-34)22-28(3)21-33-25-35(33)29-16-11-10-12-17-29;/h6-7,10-14,16,18-19,29,32-38,41-42H,1-3,8-9,15,17,20-27H2,4-5H3;1H4. The molecule has 9 unspecified atom stereocenters. The van der Waals surface area contributed by atoms with Crippen molar-refractivity contribution < 1.29 is 19.2 Å². The van der Waals surface area contributed by atoms with Crippen LogP contribution in [0.4, 0.5) is 0 Å². The zero-order valence-corrected chi connectivity index (χ0v) is 29.8. The third kappa shape index (κ3) is 7.90. The van der Waals surface area contributed by atoms with Gasteiger partial charge in [-0.25, -0.2) is 0 Å². The predicted octanol–water partition coefficient (Wildman–Crippen LogP) is 9.88. The fourth-order valence-electron chi connectivity index (χ4n) is 10.3. The van der Waals surface area contributed by atoms with Crippen LogP contribution in [0.5, 0.6) is 0 Å². The van der Waals surface area contributed by atoms with Crippen LogP contribution < -0.4 is 0 Å². The molecule has 5 aliphatic carbocycles. The van der Waals surface area contributed by atoms with Crippen molar-refractivity contribution >= 4 is 23.1 Å². The summed E-state index contributed by atoms with van der Waals surface area (Å²) in [6.07, 6.45) is 20.4. The molecule has 0 saturated heterocycles. The lowest BCUT2D eigenvalue weighted by molar-refractivity contribution is -0.141. The molecule has 3 fully saturated rings. The minimum Gasteiger partial charge on any atom is -0.299 e. The highest BCUT2D eigenvalue weighted by molar-refractivity contribution is 6.38. The van der Waals surface area contributed by atoms with Gasteiger partial charge >= 0.3 is 0 Å². The topological polar surface area (TPSA) is 68.3 Å². The van der Waals surface area contributed by atoms with Gasteiger partial charge < -0.3 is 0 Å². The van der Waals surface area contributed by atoms with Crippen molar-refractivity contribution in [3.8, 4) is 0 Å². The molecule has 1 aromatic carbocycles. The summed E-state index contributed by atoms with van der Waals surface area (Å²) in [5.74, 6) is 0.419. The van der Waals surface area contributed by atoms with Gasteiger partial charge in [0.2, 0.25) is 5.78 Å². The number of Topliss-reactive ketones (excluding diaryl/α,β-unsaturated/α-hetero) is 4. The van der Waals surface area contributed by atoms with Gasteiger partial charge in [0.05, 0.1) is 0 Å². The minimum atomic E-state index is -0.666. The zero-order chi connectivity index (χ0) is 34.9. The van der Waals surface area contributed by atoms with Gasteiger partial charge in [-0.3, -0.25) is 19.2 Å². The fraction of sp³-hybridized carbons (Fsp3) is 0.565. The Labute approximate surface area is 301 Å². The number of ketones is 4. The van der Waals surface area contributed by atoms with E-state index >= 15 is 0 Å². The normalized spacial score (nSPS) is 29.5. The van der Waals surface area contributed by atoms with Crippen molar-refractivity contribution in [2.24, 2.45) is 64.6 Å². The quantitative estimate of drug-likeness (QED) is 0.108. The SMILES string of the molecule is C.C=CCCC(=O)C(=O)C(CCC=C)CC(=O)C1C(C(=O)C(CC(=C)CC2CC2C2C=CC=CC2)C2Cc3ccccc3C2)CC2C1C2(C)C. The molecule has 50 heavy (non-hydrogen) atoms. The molecule has 268 valence electrons. The van der Waals surface area contributed by atoms with E-state index < -0.39 is 23.4 Å². The number of fused-ring (bicyclic) bond motifs is 2. The van der Waals surface area contributed by atoms with E-state index in [0.717, 1.165) is 32.1 Å². The van der Waals surface area contributed by atoms with Crippen LogP contribution in [0.15, 0.2) is 86.0 Å². The third-order valence-electron chi connectivity index (χ3n) is 13.2. The van der Waals surface area contributed by atoms with Crippen molar-refractivity contribution in [3.05, 3.63) is 97.2 Å². The van der Waals surface area contributed by atoms with Crippen LogP contribution in [-0.2, 0) is 32.0 Å². The first kappa shape index (κ1) is 37.8. The molecule has 9 atom stereocenters. The predicted molar refractivity (Wildman–Crippen MR) is 203 cm³/mol. The maximum atomic E-state index is 15.0. The van der Waals surface area contributed by atoms with Gasteiger partial charge in [-0.05, 0) is 116 Å². The van der Waals surface area contributed by atoms with Gasteiger partial charge in [0.25, 0.3) is 0 Å². The number of rotatable bonds is 19. The van der Waals surface area contributed by atoms with E-state index in [4.69, 9.17) is 0 Å². The van der Waals surface area contributed by atoms with Crippen molar-refractivity contribution in [3.63, 3.8) is 0 Å². The van der Waals surface area contributed by atoms with Gasteiger partial charge in [0.1, 0.15) is 11.6 Å². The molecule has 0 bridgehead atoms. The molecule has 4 nitrogen and oxygen atoms in total. The molecule has 0 heterocycles. The fourth-order valence-corrected chi connectivity index (χ4v) is 10.3. The molecular formula is C46H60O4. The molecular weight excluding hydrogens is 617 g/mol. The number of carbonyl (C=O) groups excluding carboxylic acids is 4. The summed E-state index contributed by atoms with van der Waals surface area (Å²) in [6, 6.07) is 8.57. The summed E-state index contributed by atoms with van der Waals surface area (Å²) in [4.78, 5) is 55.5. The van der Waals surface area contributed by atoms with Crippen molar-refractivity contribution in [2.45, 2.75) is 98.3 Å². The van der Waals surface area contributed by atoms with E-state index in [1.807, 2.05) is 0 Å². The molecule has 0 aliphatic heterocycles. The van der Waals surface area contributed by atoms with Gasteiger partial charge in [-0.1, -0.05) is 94.1 Å². The summed E-state index contributed by atoms with van der Waals surface area (Å²) < 4.78 is 0. The number of hydrogen-bond donors (Lipinski definition) is 0. The first-order valence-corrected chi connectivity index (χ1v) is 19.0. The number of hydrogen-bond acceptors (Lipinski definition) is 4. The van der Waals surface area contributed by atoms with Crippen LogP contribution in [0.2, 0.25) is 0 Å². The zero-order valence-electron chi connectivity index (χ0n) is 29.8. The first-order valence-electron chi connectivity index (χ1n) is 19.0. The minimum absolute atomic E-state index is 0. The average molecular weight is 677 g/mol. The molecule has 1 aromatic rings. The smallest absolute Gasteiger partial charge is 0.201 e. The van der Waals surface area contributed by atoms with Crippen molar-refractivity contribution in [1.82, 2.24) is 0 Å². The van der Waals surface area contributed by atoms with Crippen LogP contribution in [0, 0.1) is 64.6 Å². The van der Waals surface area contributed by atoms with E-state index in [2.05, 4.69) is 82.2 Å². The maximum Gasteiger partial charge on any atom is 0.201 e. The lowest BCUT2D eigenvalue weighted by atomic mass is 9.70. The maximum absolute atomic E-state index is 15.0. The highest BCUT2D eigenvalue weighted by Gasteiger charge is 2.69. The number of carbonyl (C=O) groups is 4. The average Bonchev–Trinajstić information content (AvgIpc) is 3.78. The first-order chi connectivity index (χ1) is 23.5. The van der Waals surface area contributed by atoms with Gasteiger partial charge in [0, 0.05) is 36.5 Å². The Bertz CT molecular complexity index is 1530. The lowest BCUT2D eigenvalue weighted by Gasteiger charge is -2.32. The van der Waals surface area contributed by atoms with Gasteiger partial charge in [-0.15, -0.1) is 13.2 Å². The second kappa shape index (κ2) is 15.9. The molecule has 0 amide bonds. The van der Waals surface area contributed by atoms with Crippen LogP contribution in [0.25, 0.3) is 0 Å². The number of benzene rings is 1. The third-order valence-corrected chi connectivity index (χ3v) is 13.2. The number of allylic oxidation sites excluding steroid dienone is 7. The molecule has 5 aliphatic rings. The Morgan fingerprint density at radius 2 is 1.66 bits per heavy atom. The summed E-state index contributed by atoms with van der Waals surface area (Å²) in [6.45, 7) is 16.5. The largest absolute Gasteiger partial charge is 0.299 e. The van der Waals surface area contributed by atoms with E-state index in [-0.39, 0.29) is 60.9 Å². The van der Waals surface area contributed by atoms with E-state index in [1.165, 1.54) is 23.1 Å². The molecule has 0 aromatic heterocycles. The van der Waals surface area contributed by atoms with E-state index in [0.29, 0.717) is 49.4 Å². The van der Waals surface area contributed by atoms with Crippen LogP contribution >= 0.6 is 0 Å². The summed E-state index contributed by atoms with van der Waals surface area (Å²) >= 11 is 0. The van der Waals surface area contributed by atoms with E-state index in [1.54, 1.807) is 12.2 Å². The second-order valence-electron chi connectivity index (χ2n) is 16.6. The Morgan fingerprint density at radius 1 is 0.960 bits per heavy atom. The van der Waals surface area contributed by atoms with Crippen molar-refractivity contribution in [2.75, 3.05) is 0 Å². The van der Waals surface area contributed by atoms with Crippen LogP contribution in [0.1, 0.15) is 96.6 Å². The molecule has 3 saturated carbocycles. The summed E-state index contributed by atoms with van der Waals surface area (Å²) in [5, 5.41) is 0. The lowest BCUT2D eigenvalue weighted by Crippen LogP contribution is -2.38. The molecule has 0 N–H and O–H groups in total. The Hall–Kier alpha value is -3.40. The van der Waals surface area contributed by atoms with Gasteiger partial charge in [-0.2, -0.15) is 0 Å². The van der Waals surface area contributed by atoms with Crippen molar-refractivity contribution in [1.29, 1.82) is 0 Å². The summed E-state index contributed by atoms with van der Waals surface area (Å²) in [5.41, 5.74) is 3.85. The summed E-state index contributed by atoms with van der Waals surface area (Å²) in [7, 11) is 0. The van der Waals surface area contributed by atoms with Crippen LogP contribution in [-0.4, -0.2) is 23.1 Å². The molecule has 0 radical (unpaired) electrons. The van der Waals surface area contributed by atoms with Gasteiger partial charge in [0.15, 0.2) is 5.78 Å². The molecule has 6 rings (SSSR count). The molecule has 4 heteroatoms. The Morgan fingerprint density at radius 3 is 2.30 bits per heavy atom. The Kier molecular flexibility index (Phi) is 12.0. The highest BCUT2D eigenvalue weighted by Crippen LogP contribution is 2.71. The monoisotopic (exact) mass is 676 g/mol. The Balaban J connectivity index is 0.00000486. The van der Waals surface area contributed by atoms with Crippen LogP contribution in [0.3, 0.4) is 0 Å².